The number of benzene rings is 1. The number of nitrogens with zero attached hydrogens (tertiary/aromatic N) is 2. The van der Waals surface area contributed by atoms with Crippen molar-refractivity contribution in [2.45, 2.75) is 13.0 Å². The van der Waals surface area contributed by atoms with Crippen molar-refractivity contribution in [3.05, 3.63) is 58.3 Å². The van der Waals surface area contributed by atoms with Crippen LogP contribution in [-0.4, -0.2) is 41.2 Å². The highest BCUT2D eigenvalue weighted by atomic mass is 32.1. The second kappa shape index (κ2) is 6.75. The monoisotopic (exact) mass is 314 g/mol. The zero-order chi connectivity index (χ0) is 15.4. The lowest BCUT2D eigenvalue weighted by Gasteiger charge is -2.22. The Morgan fingerprint density at radius 1 is 1.09 bits per heavy atom. The summed E-state index contributed by atoms with van der Waals surface area (Å²) in [5, 5.41) is 3.76. The fraction of sp³-hybridized carbons (Fsp3) is 0.294. The summed E-state index contributed by atoms with van der Waals surface area (Å²) in [7, 11) is 0. The summed E-state index contributed by atoms with van der Waals surface area (Å²) in [5.41, 5.74) is 1.84. The van der Waals surface area contributed by atoms with E-state index in [9.17, 15) is 9.59 Å². The third kappa shape index (κ3) is 3.36. The minimum atomic E-state index is 0.0237. The second-order valence-electron chi connectivity index (χ2n) is 5.36. The summed E-state index contributed by atoms with van der Waals surface area (Å²) in [6.45, 7) is 2.29. The van der Waals surface area contributed by atoms with Gasteiger partial charge in [-0.3, -0.25) is 9.59 Å². The van der Waals surface area contributed by atoms with Crippen LogP contribution in [0.5, 0.6) is 0 Å². The van der Waals surface area contributed by atoms with E-state index in [0.29, 0.717) is 38.2 Å². The molecular weight excluding hydrogens is 296 g/mol. The van der Waals surface area contributed by atoms with Crippen molar-refractivity contribution < 1.29 is 9.59 Å². The summed E-state index contributed by atoms with van der Waals surface area (Å²) >= 11 is 1.52. The zero-order valence-electron chi connectivity index (χ0n) is 12.3. The van der Waals surface area contributed by atoms with E-state index in [2.05, 4.69) is 0 Å². The second-order valence-corrected chi connectivity index (χ2v) is 6.14. The summed E-state index contributed by atoms with van der Waals surface area (Å²) in [6.07, 6.45) is 0.392. The van der Waals surface area contributed by atoms with Gasteiger partial charge in [0, 0.05) is 38.0 Å². The predicted octanol–water partition coefficient (Wildman–Crippen LogP) is 2.62. The van der Waals surface area contributed by atoms with Gasteiger partial charge in [0.25, 0.3) is 5.91 Å². The first-order chi connectivity index (χ1) is 10.7. The number of hydrogen-bond donors (Lipinski definition) is 0. The van der Waals surface area contributed by atoms with Crippen molar-refractivity contribution in [3.8, 4) is 0 Å². The van der Waals surface area contributed by atoms with E-state index < -0.39 is 0 Å². The van der Waals surface area contributed by atoms with E-state index in [4.69, 9.17) is 0 Å². The Morgan fingerprint density at radius 3 is 2.64 bits per heavy atom. The fourth-order valence-corrected chi connectivity index (χ4v) is 3.24. The van der Waals surface area contributed by atoms with E-state index in [0.717, 1.165) is 5.56 Å². The number of thiophene rings is 1. The van der Waals surface area contributed by atoms with Gasteiger partial charge in [0.2, 0.25) is 5.91 Å². The molecule has 1 aliphatic rings. The van der Waals surface area contributed by atoms with Gasteiger partial charge in [-0.15, -0.1) is 0 Å². The van der Waals surface area contributed by atoms with Crippen molar-refractivity contribution >= 4 is 23.2 Å². The highest BCUT2D eigenvalue weighted by molar-refractivity contribution is 7.08. The molecule has 1 fully saturated rings. The molecule has 114 valence electrons. The summed E-state index contributed by atoms with van der Waals surface area (Å²) < 4.78 is 0. The molecule has 5 heteroatoms. The van der Waals surface area contributed by atoms with Crippen molar-refractivity contribution in [1.29, 1.82) is 0 Å². The lowest BCUT2D eigenvalue weighted by atomic mass is 10.2. The maximum absolute atomic E-state index is 12.4. The van der Waals surface area contributed by atoms with Crippen molar-refractivity contribution in [2.75, 3.05) is 19.6 Å². The van der Waals surface area contributed by atoms with Gasteiger partial charge in [-0.05, 0) is 17.0 Å². The third-order valence-electron chi connectivity index (χ3n) is 3.86. The molecule has 0 spiro atoms. The lowest BCUT2D eigenvalue weighted by Crippen LogP contribution is -2.35. The van der Waals surface area contributed by atoms with E-state index >= 15 is 0 Å². The van der Waals surface area contributed by atoms with Crippen LogP contribution in [0.4, 0.5) is 0 Å². The van der Waals surface area contributed by atoms with E-state index in [1.165, 1.54) is 11.3 Å². The van der Waals surface area contributed by atoms with Gasteiger partial charge < -0.3 is 9.80 Å². The van der Waals surface area contributed by atoms with Gasteiger partial charge in [0.05, 0.1) is 5.56 Å². The quantitative estimate of drug-likeness (QED) is 0.874. The average molecular weight is 314 g/mol. The van der Waals surface area contributed by atoms with Crippen LogP contribution in [0.1, 0.15) is 22.3 Å². The van der Waals surface area contributed by atoms with Crippen LogP contribution >= 0.6 is 11.3 Å². The molecule has 22 heavy (non-hydrogen) atoms. The largest absolute Gasteiger partial charge is 0.337 e. The maximum Gasteiger partial charge on any atom is 0.254 e. The molecule has 3 rings (SSSR count). The smallest absolute Gasteiger partial charge is 0.254 e. The summed E-state index contributed by atoms with van der Waals surface area (Å²) in [6, 6.07) is 11.8. The highest BCUT2D eigenvalue weighted by Crippen LogP contribution is 2.14. The average Bonchev–Trinajstić information content (AvgIpc) is 3.02. The zero-order valence-corrected chi connectivity index (χ0v) is 13.1. The van der Waals surface area contributed by atoms with Gasteiger partial charge in [-0.25, -0.2) is 0 Å². The lowest BCUT2D eigenvalue weighted by molar-refractivity contribution is -0.130. The molecule has 0 saturated carbocycles. The standard InChI is InChI=1S/C17H18N2O2S/c20-16-6-8-18(17(21)15-7-11-22-13-15)9-10-19(16)12-14-4-2-1-3-5-14/h1-5,7,11,13H,6,8-10,12H2. The van der Waals surface area contributed by atoms with Crippen LogP contribution in [0.15, 0.2) is 47.2 Å². The minimum Gasteiger partial charge on any atom is -0.337 e. The normalized spacial score (nSPS) is 15.7. The molecule has 2 amide bonds. The Hall–Kier alpha value is -2.14. The topological polar surface area (TPSA) is 40.6 Å². The Balaban J connectivity index is 1.65. The molecule has 0 unspecified atom stereocenters. The maximum atomic E-state index is 12.4. The van der Waals surface area contributed by atoms with Crippen LogP contribution in [0.25, 0.3) is 0 Å². The van der Waals surface area contributed by atoms with Crippen LogP contribution in [0.3, 0.4) is 0 Å². The Labute approximate surface area is 134 Å². The molecule has 0 atom stereocenters. The molecule has 1 aromatic heterocycles. The van der Waals surface area contributed by atoms with Crippen molar-refractivity contribution in [2.24, 2.45) is 0 Å². The SMILES string of the molecule is O=C1CCN(C(=O)c2ccsc2)CCN1Cc1ccccc1. The third-order valence-corrected chi connectivity index (χ3v) is 4.54. The molecule has 4 nitrogen and oxygen atoms in total. The van der Waals surface area contributed by atoms with Gasteiger partial charge in [0.1, 0.15) is 0 Å². The van der Waals surface area contributed by atoms with Gasteiger partial charge in [-0.1, -0.05) is 30.3 Å². The Kier molecular flexibility index (Phi) is 4.53. The molecule has 1 aliphatic heterocycles. The molecular formula is C17H18N2O2S. The molecule has 1 aromatic carbocycles. The molecule has 0 aliphatic carbocycles. The first kappa shape index (κ1) is 14.8. The summed E-state index contributed by atoms with van der Waals surface area (Å²) in [4.78, 5) is 28.3. The highest BCUT2D eigenvalue weighted by Gasteiger charge is 2.24. The van der Waals surface area contributed by atoms with Crippen LogP contribution in [0, 0.1) is 0 Å². The first-order valence-corrected chi connectivity index (χ1v) is 8.31. The van der Waals surface area contributed by atoms with E-state index in [1.54, 1.807) is 4.90 Å². The minimum absolute atomic E-state index is 0.0237. The number of hydrogen-bond acceptors (Lipinski definition) is 3. The number of carbonyl (C=O) groups excluding carboxylic acids is 2. The molecule has 0 radical (unpaired) electrons. The van der Waals surface area contributed by atoms with Gasteiger partial charge >= 0.3 is 0 Å². The molecule has 1 saturated heterocycles. The van der Waals surface area contributed by atoms with Crippen molar-refractivity contribution in [3.63, 3.8) is 0 Å². The number of amides is 2. The number of rotatable bonds is 3. The molecule has 0 bridgehead atoms. The van der Waals surface area contributed by atoms with Crippen LogP contribution in [0.2, 0.25) is 0 Å². The van der Waals surface area contributed by atoms with Crippen LogP contribution < -0.4 is 0 Å². The predicted molar refractivity (Wildman–Crippen MR) is 86.7 cm³/mol. The van der Waals surface area contributed by atoms with Gasteiger partial charge in [0.15, 0.2) is 0 Å². The Bertz CT molecular complexity index is 640. The molecule has 0 N–H and O–H groups in total. The van der Waals surface area contributed by atoms with Crippen LogP contribution in [-0.2, 0) is 11.3 Å². The van der Waals surface area contributed by atoms with E-state index in [1.807, 2.05) is 52.1 Å². The van der Waals surface area contributed by atoms with Crippen molar-refractivity contribution in [1.82, 2.24) is 9.80 Å². The van der Waals surface area contributed by atoms with Gasteiger partial charge in [-0.2, -0.15) is 11.3 Å². The molecule has 2 aromatic rings. The van der Waals surface area contributed by atoms with E-state index in [-0.39, 0.29) is 11.8 Å². The Morgan fingerprint density at radius 2 is 1.91 bits per heavy atom. The number of carbonyl (C=O) groups is 2. The fourth-order valence-electron chi connectivity index (χ4n) is 2.61. The first-order valence-electron chi connectivity index (χ1n) is 7.37. The molecule has 2 heterocycles. The summed E-state index contributed by atoms with van der Waals surface area (Å²) in [5.74, 6) is 0.139.